The molecule has 0 fully saturated rings. The second-order valence-electron chi connectivity index (χ2n) is 3.30. The zero-order valence-electron chi connectivity index (χ0n) is 8.46. The number of carbonyl (C=O) groups is 1. The molecule has 0 bridgehead atoms. The molecule has 0 heterocycles. The fraction of sp³-hybridized carbons (Fsp3) is 0.727. The van der Waals surface area contributed by atoms with Gasteiger partial charge in [0, 0.05) is 0 Å². The van der Waals surface area contributed by atoms with E-state index in [9.17, 15) is 4.79 Å². The summed E-state index contributed by atoms with van der Waals surface area (Å²) in [6.07, 6.45) is 12.3. The van der Waals surface area contributed by atoms with Crippen molar-refractivity contribution in [1.29, 1.82) is 0 Å². The summed E-state index contributed by atoms with van der Waals surface area (Å²) in [5.74, 6) is 0. The van der Waals surface area contributed by atoms with Gasteiger partial charge in [-0.25, -0.2) is 0 Å². The van der Waals surface area contributed by atoms with E-state index in [1.165, 1.54) is 44.6 Å². The summed E-state index contributed by atoms with van der Waals surface area (Å²) in [4.78, 5) is 10.4. The third-order valence-electron chi connectivity index (χ3n) is 1.98. The van der Waals surface area contributed by atoms with Crippen LogP contribution in [0.25, 0.3) is 0 Å². The highest BCUT2D eigenvalue weighted by Gasteiger charge is 1.88. The number of allylic oxidation sites excluding steroid dienone is 1. The first-order valence-electron chi connectivity index (χ1n) is 5.17. The maximum Gasteiger partial charge on any atom is 0.208 e. The van der Waals surface area contributed by atoms with Crippen LogP contribution in [-0.2, 0) is 4.79 Å². The fourth-order valence-corrected chi connectivity index (χ4v) is 1.33. The van der Waals surface area contributed by atoms with Gasteiger partial charge < -0.3 is 0 Å². The Morgan fingerprint density at radius 2 is 1.77 bits per heavy atom. The van der Waals surface area contributed by atoms with Crippen molar-refractivity contribution in [3.05, 3.63) is 12.2 Å². The van der Waals surface area contributed by atoms with Crippen molar-refractivity contribution in [2.45, 2.75) is 51.9 Å². The van der Waals surface area contributed by atoms with Gasteiger partial charge in [-0.05, 0) is 18.9 Å². The van der Waals surface area contributed by atoms with E-state index in [1.54, 1.807) is 0 Å². The van der Waals surface area contributed by atoms with E-state index >= 15 is 0 Å². The summed E-state index contributed by atoms with van der Waals surface area (Å²) in [6, 6.07) is 0. The molecule has 0 aromatic carbocycles. The van der Waals surface area contributed by atoms with E-state index in [1.807, 2.05) is 6.08 Å². The Hall–Kier alpha value is -0.240. The average Bonchev–Trinajstić information content (AvgIpc) is 2.09. The van der Waals surface area contributed by atoms with Crippen molar-refractivity contribution >= 4 is 17.7 Å². The monoisotopic (exact) mass is 200 g/mol. The normalized spacial score (nSPS) is 10.9. The van der Waals surface area contributed by atoms with Gasteiger partial charge in [-0.15, -0.1) is 12.6 Å². The molecule has 76 valence electrons. The smallest absolute Gasteiger partial charge is 0.208 e. The van der Waals surface area contributed by atoms with Gasteiger partial charge in [0.2, 0.25) is 5.12 Å². The fourth-order valence-electron chi connectivity index (χ4n) is 1.23. The Bertz CT molecular complexity index is 152. The van der Waals surface area contributed by atoms with E-state index in [0.29, 0.717) is 0 Å². The van der Waals surface area contributed by atoms with Crippen LogP contribution in [-0.4, -0.2) is 5.12 Å². The van der Waals surface area contributed by atoms with Crippen LogP contribution in [0.3, 0.4) is 0 Å². The summed E-state index contributed by atoms with van der Waals surface area (Å²) < 4.78 is 0. The van der Waals surface area contributed by atoms with Crippen molar-refractivity contribution < 1.29 is 4.79 Å². The highest BCUT2D eigenvalue weighted by atomic mass is 32.1. The molecule has 1 nitrogen and oxygen atoms in total. The van der Waals surface area contributed by atoms with E-state index in [4.69, 9.17) is 0 Å². The van der Waals surface area contributed by atoms with Gasteiger partial charge in [-0.3, -0.25) is 4.79 Å². The lowest BCUT2D eigenvalue weighted by atomic mass is 10.1. The Morgan fingerprint density at radius 3 is 2.38 bits per heavy atom. The van der Waals surface area contributed by atoms with E-state index < -0.39 is 0 Å². The van der Waals surface area contributed by atoms with Gasteiger partial charge in [-0.1, -0.05) is 45.1 Å². The van der Waals surface area contributed by atoms with Crippen molar-refractivity contribution in [2.24, 2.45) is 0 Å². The number of carbonyl (C=O) groups excluding carboxylic acids is 1. The Balaban J connectivity index is 3.03. The van der Waals surface area contributed by atoms with Crippen molar-refractivity contribution in [2.75, 3.05) is 0 Å². The van der Waals surface area contributed by atoms with Gasteiger partial charge in [0.15, 0.2) is 0 Å². The van der Waals surface area contributed by atoms with Crippen LogP contribution in [0.15, 0.2) is 12.2 Å². The van der Waals surface area contributed by atoms with Crippen LogP contribution in [0.4, 0.5) is 0 Å². The van der Waals surface area contributed by atoms with Gasteiger partial charge >= 0.3 is 0 Å². The molecule has 0 aromatic rings. The third-order valence-corrected chi connectivity index (χ3v) is 2.13. The van der Waals surface area contributed by atoms with E-state index in [-0.39, 0.29) is 5.12 Å². The minimum absolute atomic E-state index is 0.147. The molecule has 0 saturated carbocycles. The second kappa shape index (κ2) is 9.85. The standard InChI is InChI=1S/C11H20OS/c1-2-3-4-5-6-7-8-9-10-11(12)13/h9-10H,2-8H2,1H3,(H,12,13). The molecule has 0 aromatic heterocycles. The number of rotatable bonds is 8. The highest BCUT2D eigenvalue weighted by Crippen LogP contribution is 2.07. The van der Waals surface area contributed by atoms with Gasteiger partial charge in [0.25, 0.3) is 0 Å². The average molecular weight is 200 g/mol. The molecular weight excluding hydrogens is 180 g/mol. The Morgan fingerprint density at radius 1 is 1.15 bits per heavy atom. The molecule has 0 rings (SSSR count). The maximum atomic E-state index is 10.4. The lowest BCUT2D eigenvalue weighted by Gasteiger charge is -1.97. The summed E-state index contributed by atoms with van der Waals surface area (Å²) >= 11 is 3.64. The molecule has 0 unspecified atom stereocenters. The molecule has 13 heavy (non-hydrogen) atoms. The SMILES string of the molecule is CCCCCCCCC=CC(=O)S. The molecule has 0 aliphatic heterocycles. The molecular formula is C11H20OS. The number of thiol groups is 1. The lowest BCUT2D eigenvalue weighted by molar-refractivity contribution is -0.106. The number of hydrogen-bond acceptors (Lipinski definition) is 1. The van der Waals surface area contributed by atoms with E-state index in [2.05, 4.69) is 19.6 Å². The van der Waals surface area contributed by atoms with Crippen molar-refractivity contribution in [3.63, 3.8) is 0 Å². The molecule has 0 atom stereocenters. The quantitative estimate of drug-likeness (QED) is 0.359. The van der Waals surface area contributed by atoms with Crippen LogP contribution >= 0.6 is 12.6 Å². The number of unbranched alkanes of at least 4 members (excludes halogenated alkanes) is 6. The van der Waals surface area contributed by atoms with Crippen molar-refractivity contribution in [3.8, 4) is 0 Å². The third kappa shape index (κ3) is 11.8. The van der Waals surface area contributed by atoms with E-state index in [0.717, 1.165) is 6.42 Å². The minimum Gasteiger partial charge on any atom is -0.283 e. The Labute approximate surface area is 87.0 Å². The predicted molar refractivity (Wildman–Crippen MR) is 61.1 cm³/mol. The summed E-state index contributed by atoms with van der Waals surface area (Å²) in [6.45, 7) is 2.22. The molecule has 2 heteroatoms. The molecule has 0 aliphatic rings. The second-order valence-corrected chi connectivity index (χ2v) is 3.74. The summed E-state index contributed by atoms with van der Waals surface area (Å²) in [7, 11) is 0. The molecule has 0 radical (unpaired) electrons. The molecule has 0 spiro atoms. The molecule has 0 saturated heterocycles. The largest absolute Gasteiger partial charge is 0.283 e. The predicted octanol–water partition coefficient (Wildman–Crippen LogP) is 3.75. The first kappa shape index (κ1) is 12.8. The highest BCUT2D eigenvalue weighted by molar-refractivity contribution is 7.97. The minimum atomic E-state index is -0.147. The van der Waals surface area contributed by atoms with Gasteiger partial charge in [0.05, 0.1) is 0 Å². The maximum absolute atomic E-state index is 10.4. The summed E-state index contributed by atoms with van der Waals surface area (Å²) in [5.41, 5.74) is 0. The van der Waals surface area contributed by atoms with Crippen LogP contribution < -0.4 is 0 Å². The first-order chi connectivity index (χ1) is 6.27. The first-order valence-corrected chi connectivity index (χ1v) is 5.61. The van der Waals surface area contributed by atoms with Crippen LogP contribution in [0.5, 0.6) is 0 Å². The summed E-state index contributed by atoms with van der Waals surface area (Å²) in [5, 5.41) is -0.147. The molecule has 0 aliphatic carbocycles. The lowest BCUT2D eigenvalue weighted by Crippen LogP contribution is -1.79. The number of hydrogen-bond donors (Lipinski definition) is 1. The Kier molecular flexibility index (Phi) is 9.66. The molecule has 0 amide bonds. The zero-order valence-corrected chi connectivity index (χ0v) is 9.35. The van der Waals surface area contributed by atoms with Crippen LogP contribution in [0.1, 0.15) is 51.9 Å². The topological polar surface area (TPSA) is 17.1 Å². The van der Waals surface area contributed by atoms with Gasteiger partial charge in [-0.2, -0.15) is 0 Å². The van der Waals surface area contributed by atoms with Crippen LogP contribution in [0.2, 0.25) is 0 Å². The van der Waals surface area contributed by atoms with Gasteiger partial charge in [0.1, 0.15) is 0 Å². The van der Waals surface area contributed by atoms with Crippen LogP contribution in [0, 0.1) is 0 Å². The molecule has 0 N–H and O–H groups in total. The zero-order chi connectivity index (χ0) is 9.94. The van der Waals surface area contributed by atoms with Crippen molar-refractivity contribution in [1.82, 2.24) is 0 Å².